The maximum absolute atomic E-state index is 11.9. The summed E-state index contributed by atoms with van der Waals surface area (Å²) in [4.78, 5) is 34.8. The van der Waals surface area contributed by atoms with Gasteiger partial charge in [0.1, 0.15) is 10.7 Å². The molecule has 1 aromatic carbocycles. The first-order valence-corrected chi connectivity index (χ1v) is 7.32. The number of hydrogen-bond acceptors (Lipinski definition) is 6. The van der Waals surface area contributed by atoms with Crippen LogP contribution in [-0.2, 0) is 20.9 Å². The third kappa shape index (κ3) is 5.61. The van der Waals surface area contributed by atoms with E-state index in [4.69, 9.17) is 9.15 Å². The van der Waals surface area contributed by atoms with Gasteiger partial charge in [0.05, 0.1) is 6.07 Å². The largest absolute Gasteiger partial charge is 0.452 e. The first-order chi connectivity index (χ1) is 12.0. The van der Waals surface area contributed by atoms with Crippen LogP contribution in [0.2, 0.25) is 0 Å². The highest BCUT2D eigenvalue weighted by atomic mass is 16.6. The molecule has 1 amide bonds. The minimum atomic E-state index is -0.750. The number of carbonyl (C=O) groups excluding carboxylic acids is 2. The van der Waals surface area contributed by atoms with Crippen molar-refractivity contribution in [1.82, 2.24) is 4.90 Å². The van der Waals surface area contributed by atoms with Gasteiger partial charge >= 0.3 is 11.9 Å². The number of nitrogens with zero attached hydrogens (tertiary/aromatic N) is 2. The molecule has 0 spiro atoms. The number of esters is 1. The fraction of sp³-hybridized carbons (Fsp3) is 0.176. The van der Waals surface area contributed by atoms with E-state index >= 15 is 0 Å². The Kier molecular flexibility index (Phi) is 6.05. The van der Waals surface area contributed by atoms with E-state index in [2.05, 4.69) is 0 Å². The number of likely N-dealkylation sites (N-methyl/N-ethyl adjacent to an activating group) is 1. The molecule has 0 N–H and O–H groups in total. The predicted molar refractivity (Wildman–Crippen MR) is 88.3 cm³/mol. The Bertz CT molecular complexity index is 781. The van der Waals surface area contributed by atoms with Crippen LogP contribution < -0.4 is 0 Å². The molecule has 25 heavy (non-hydrogen) atoms. The van der Waals surface area contributed by atoms with E-state index in [0.29, 0.717) is 6.54 Å². The van der Waals surface area contributed by atoms with Crippen molar-refractivity contribution >= 4 is 23.8 Å². The molecule has 0 bridgehead atoms. The van der Waals surface area contributed by atoms with Gasteiger partial charge in [-0.15, -0.1) is 0 Å². The number of ether oxygens (including phenoxy) is 1. The van der Waals surface area contributed by atoms with E-state index in [1.165, 1.54) is 23.1 Å². The van der Waals surface area contributed by atoms with Crippen molar-refractivity contribution in [3.63, 3.8) is 0 Å². The van der Waals surface area contributed by atoms with Crippen molar-refractivity contribution in [2.24, 2.45) is 0 Å². The third-order valence-electron chi connectivity index (χ3n) is 3.20. The van der Waals surface area contributed by atoms with E-state index < -0.39 is 23.4 Å². The van der Waals surface area contributed by atoms with Gasteiger partial charge in [0, 0.05) is 19.7 Å². The number of hydrogen-bond donors (Lipinski definition) is 0. The molecule has 0 radical (unpaired) electrons. The van der Waals surface area contributed by atoms with Crippen LogP contribution in [0, 0.1) is 10.1 Å². The molecule has 2 rings (SSSR count). The molecule has 0 aliphatic rings. The number of carbonyl (C=O) groups is 2. The average molecular weight is 344 g/mol. The van der Waals surface area contributed by atoms with Gasteiger partial charge in [-0.2, -0.15) is 0 Å². The van der Waals surface area contributed by atoms with Crippen LogP contribution in [0.3, 0.4) is 0 Å². The summed E-state index contributed by atoms with van der Waals surface area (Å²) in [6.07, 6.45) is 2.26. The van der Waals surface area contributed by atoms with Crippen LogP contribution in [-0.4, -0.2) is 35.4 Å². The van der Waals surface area contributed by atoms with Crippen LogP contribution in [0.15, 0.2) is 53.0 Å². The van der Waals surface area contributed by atoms with Crippen molar-refractivity contribution < 1.29 is 23.7 Å². The Hall–Kier alpha value is -3.42. The first-order valence-electron chi connectivity index (χ1n) is 7.32. The lowest BCUT2D eigenvalue weighted by molar-refractivity contribution is -0.402. The Morgan fingerprint density at radius 2 is 1.96 bits per heavy atom. The predicted octanol–water partition coefficient (Wildman–Crippen LogP) is 2.40. The molecule has 0 unspecified atom stereocenters. The van der Waals surface area contributed by atoms with Crippen LogP contribution in [0.5, 0.6) is 0 Å². The molecule has 0 aliphatic carbocycles. The monoisotopic (exact) mass is 344 g/mol. The van der Waals surface area contributed by atoms with Gasteiger partial charge in [-0.3, -0.25) is 14.9 Å². The number of nitro groups is 1. The van der Waals surface area contributed by atoms with E-state index in [1.54, 1.807) is 7.05 Å². The van der Waals surface area contributed by atoms with Crippen molar-refractivity contribution in [3.8, 4) is 0 Å². The van der Waals surface area contributed by atoms with Crippen molar-refractivity contribution in [1.29, 1.82) is 0 Å². The van der Waals surface area contributed by atoms with Gasteiger partial charge in [-0.1, -0.05) is 30.3 Å². The van der Waals surface area contributed by atoms with Gasteiger partial charge in [0.15, 0.2) is 6.61 Å². The van der Waals surface area contributed by atoms with Crippen molar-refractivity contribution in [2.45, 2.75) is 6.54 Å². The van der Waals surface area contributed by atoms with Crippen molar-refractivity contribution in [3.05, 3.63) is 70.0 Å². The maximum atomic E-state index is 11.9. The smallest absolute Gasteiger partial charge is 0.433 e. The molecular weight excluding hydrogens is 328 g/mol. The molecule has 0 saturated carbocycles. The molecule has 2 aromatic rings. The molecule has 0 saturated heterocycles. The average Bonchev–Trinajstić information content (AvgIpc) is 3.08. The summed E-state index contributed by atoms with van der Waals surface area (Å²) in [7, 11) is 1.61. The number of rotatable bonds is 7. The minimum absolute atomic E-state index is 0.135. The second kappa shape index (κ2) is 8.44. The van der Waals surface area contributed by atoms with Crippen LogP contribution in [0.25, 0.3) is 6.08 Å². The first kappa shape index (κ1) is 17.9. The lowest BCUT2D eigenvalue weighted by Crippen LogP contribution is -2.30. The fourth-order valence-corrected chi connectivity index (χ4v) is 1.92. The molecule has 130 valence electrons. The number of benzene rings is 1. The van der Waals surface area contributed by atoms with Crippen LogP contribution in [0.1, 0.15) is 11.3 Å². The zero-order chi connectivity index (χ0) is 18.2. The van der Waals surface area contributed by atoms with Crippen molar-refractivity contribution in [2.75, 3.05) is 13.7 Å². The summed E-state index contributed by atoms with van der Waals surface area (Å²) < 4.78 is 9.70. The topological polar surface area (TPSA) is 103 Å². The Morgan fingerprint density at radius 1 is 1.24 bits per heavy atom. The summed E-state index contributed by atoms with van der Waals surface area (Å²) in [6, 6.07) is 11.9. The van der Waals surface area contributed by atoms with E-state index in [1.807, 2.05) is 30.3 Å². The zero-order valence-corrected chi connectivity index (χ0v) is 13.5. The second-order valence-electron chi connectivity index (χ2n) is 5.11. The summed E-state index contributed by atoms with van der Waals surface area (Å²) >= 11 is 0. The van der Waals surface area contributed by atoms with E-state index in [0.717, 1.165) is 11.6 Å². The Balaban J connectivity index is 1.79. The quantitative estimate of drug-likeness (QED) is 0.331. The van der Waals surface area contributed by atoms with E-state index in [-0.39, 0.29) is 11.7 Å². The standard InChI is InChI=1S/C17H16N2O6/c1-18(11-13-5-3-2-4-6-13)15(20)12-24-17(21)10-8-14-7-9-16(25-14)19(22)23/h2-10H,11-12H2,1H3/b10-8+. The van der Waals surface area contributed by atoms with Gasteiger partial charge in [-0.05, 0) is 17.7 Å². The normalized spacial score (nSPS) is 10.6. The fourth-order valence-electron chi connectivity index (χ4n) is 1.92. The van der Waals surface area contributed by atoms with Gasteiger partial charge < -0.3 is 14.1 Å². The van der Waals surface area contributed by atoms with Crippen LogP contribution in [0.4, 0.5) is 5.88 Å². The Morgan fingerprint density at radius 3 is 2.60 bits per heavy atom. The second-order valence-corrected chi connectivity index (χ2v) is 5.11. The SMILES string of the molecule is CN(Cc1ccccc1)C(=O)COC(=O)/C=C/c1ccc([N+](=O)[O-])o1. The molecule has 8 nitrogen and oxygen atoms in total. The minimum Gasteiger partial charge on any atom is -0.452 e. The highest BCUT2D eigenvalue weighted by Crippen LogP contribution is 2.16. The Labute approximate surface area is 143 Å². The van der Waals surface area contributed by atoms with Gasteiger partial charge in [0.2, 0.25) is 0 Å². The molecule has 8 heteroatoms. The highest BCUT2D eigenvalue weighted by Gasteiger charge is 2.12. The molecule has 1 heterocycles. The van der Waals surface area contributed by atoms with Gasteiger partial charge in [-0.25, -0.2) is 4.79 Å². The summed E-state index contributed by atoms with van der Waals surface area (Å²) in [5.41, 5.74) is 0.962. The number of amides is 1. The highest BCUT2D eigenvalue weighted by molar-refractivity contribution is 5.88. The third-order valence-corrected chi connectivity index (χ3v) is 3.20. The van der Waals surface area contributed by atoms with Crippen LogP contribution >= 0.6 is 0 Å². The lowest BCUT2D eigenvalue weighted by atomic mass is 10.2. The molecule has 0 atom stereocenters. The van der Waals surface area contributed by atoms with Gasteiger partial charge in [0.25, 0.3) is 5.91 Å². The zero-order valence-electron chi connectivity index (χ0n) is 13.5. The summed E-state index contributed by atoms with van der Waals surface area (Å²) in [5, 5.41) is 10.5. The molecule has 0 aliphatic heterocycles. The summed E-state index contributed by atoms with van der Waals surface area (Å²) in [6.45, 7) is 0.00787. The molecular formula is C17H16N2O6. The molecule has 1 aromatic heterocycles. The maximum Gasteiger partial charge on any atom is 0.433 e. The lowest BCUT2D eigenvalue weighted by Gasteiger charge is -2.16. The summed E-state index contributed by atoms with van der Waals surface area (Å²) in [5.74, 6) is -1.39. The molecule has 0 fully saturated rings. The van der Waals surface area contributed by atoms with E-state index in [9.17, 15) is 19.7 Å². The number of furan rings is 1.